The first-order valence-electron chi connectivity index (χ1n) is 10.3. The van der Waals surface area contributed by atoms with Gasteiger partial charge in [0.25, 0.3) is 12.3 Å². The highest BCUT2D eigenvalue weighted by Crippen LogP contribution is 2.27. The zero-order valence-corrected chi connectivity index (χ0v) is 16.8. The van der Waals surface area contributed by atoms with Crippen LogP contribution in [0.25, 0.3) is 22.2 Å². The fourth-order valence-corrected chi connectivity index (χ4v) is 4.02. The monoisotopic (exact) mass is 413 g/mol. The molecule has 1 aromatic carbocycles. The van der Waals surface area contributed by atoms with Gasteiger partial charge in [0.05, 0.1) is 18.0 Å². The average molecular weight is 413 g/mol. The van der Waals surface area contributed by atoms with E-state index >= 15 is 0 Å². The molecule has 0 bridgehead atoms. The summed E-state index contributed by atoms with van der Waals surface area (Å²) in [6.07, 6.45) is 4.10. The fraction of sp³-hybridized carbons (Fsp3) is 0.391. The minimum Gasteiger partial charge on any atom is -0.464 e. The molecule has 2 aromatic heterocycles. The number of halogens is 2. The highest BCUT2D eigenvalue weighted by molar-refractivity contribution is 5.96. The Morgan fingerprint density at radius 1 is 1.07 bits per heavy atom. The van der Waals surface area contributed by atoms with Crippen LogP contribution in [0.3, 0.4) is 0 Å². The standard InChI is InChI=1S/C23H25F2N3O2/c1-14(22(24)25)27-17-6-8-18(9-7-17)28-23(29)16-4-2-15(3-5-16)21-19-11-13-30-20(19)10-12-26-21/h2-5,10-14,17-18,22,27H,6-9H2,1H3,(H,28,29). The van der Waals surface area contributed by atoms with E-state index < -0.39 is 12.5 Å². The second kappa shape index (κ2) is 8.92. The number of benzene rings is 1. The van der Waals surface area contributed by atoms with Crippen molar-refractivity contribution in [2.45, 2.75) is 57.2 Å². The number of carbonyl (C=O) groups excluding carboxylic acids is 1. The van der Waals surface area contributed by atoms with Crippen LogP contribution in [0.4, 0.5) is 8.78 Å². The molecular formula is C23H25F2N3O2. The van der Waals surface area contributed by atoms with Crippen LogP contribution in [0.2, 0.25) is 0 Å². The third-order valence-electron chi connectivity index (χ3n) is 5.74. The van der Waals surface area contributed by atoms with Gasteiger partial charge in [-0.15, -0.1) is 0 Å². The first-order valence-corrected chi connectivity index (χ1v) is 10.3. The zero-order chi connectivity index (χ0) is 21.1. The van der Waals surface area contributed by atoms with Gasteiger partial charge in [-0.1, -0.05) is 12.1 Å². The number of carbonyl (C=O) groups is 1. The Kier molecular flexibility index (Phi) is 6.08. The van der Waals surface area contributed by atoms with Crippen LogP contribution in [0.15, 0.2) is 53.3 Å². The Morgan fingerprint density at radius 3 is 2.47 bits per heavy atom. The lowest BCUT2D eigenvalue weighted by Crippen LogP contribution is -2.46. The van der Waals surface area contributed by atoms with Crippen molar-refractivity contribution >= 4 is 16.9 Å². The third kappa shape index (κ3) is 4.51. The second-order valence-corrected chi connectivity index (χ2v) is 7.88. The number of furan rings is 1. The van der Waals surface area contributed by atoms with Crippen molar-refractivity contribution in [2.75, 3.05) is 0 Å². The van der Waals surface area contributed by atoms with Gasteiger partial charge in [0.2, 0.25) is 0 Å². The summed E-state index contributed by atoms with van der Waals surface area (Å²) in [5.74, 6) is -0.117. The van der Waals surface area contributed by atoms with Crippen LogP contribution in [0, 0.1) is 0 Å². The molecule has 1 fully saturated rings. The van der Waals surface area contributed by atoms with Crippen LogP contribution in [-0.2, 0) is 0 Å². The van der Waals surface area contributed by atoms with Crippen LogP contribution in [0.5, 0.6) is 0 Å². The van der Waals surface area contributed by atoms with Crippen molar-refractivity contribution in [2.24, 2.45) is 0 Å². The van der Waals surface area contributed by atoms with Gasteiger partial charge in [0.1, 0.15) is 5.58 Å². The van der Waals surface area contributed by atoms with Crippen molar-refractivity contribution in [3.63, 3.8) is 0 Å². The quantitative estimate of drug-likeness (QED) is 0.610. The maximum Gasteiger partial charge on any atom is 0.253 e. The average Bonchev–Trinajstić information content (AvgIpc) is 3.24. The van der Waals surface area contributed by atoms with Gasteiger partial charge in [0, 0.05) is 34.8 Å². The fourth-order valence-electron chi connectivity index (χ4n) is 4.02. The Balaban J connectivity index is 1.34. The molecule has 1 aliphatic rings. The molecule has 1 atom stereocenters. The van der Waals surface area contributed by atoms with Gasteiger partial charge in [-0.3, -0.25) is 9.78 Å². The number of fused-ring (bicyclic) bond motifs is 1. The minimum atomic E-state index is -2.36. The highest BCUT2D eigenvalue weighted by Gasteiger charge is 2.25. The van der Waals surface area contributed by atoms with E-state index in [9.17, 15) is 13.6 Å². The molecular weight excluding hydrogens is 388 g/mol. The molecule has 4 rings (SSSR count). The molecule has 2 N–H and O–H groups in total. The molecule has 5 nitrogen and oxygen atoms in total. The van der Waals surface area contributed by atoms with Gasteiger partial charge in [-0.05, 0) is 56.9 Å². The lowest BCUT2D eigenvalue weighted by atomic mass is 9.90. The summed E-state index contributed by atoms with van der Waals surface area (Å²) >= 11 is 0. The Hall–Kier alpha value is -2.80. The van der Waals surface area contributed by atoms with E-state index in [0.717, 1.165) is 47.9 Å². The summed E-state index contributed by atoms with van der Waals surface area (Å²) in [6, 6.07) is 10.4. The number of alkyl halides is 2. The molecule has 0 aliphatic heterocycles. The Morgan fingerprint density at radius 2 is 1.77 bits per heavy atom. The molecule has 3 aromatic rings. The summed E-state index contributed by atoms with van der Waals surface area (Å²) in [5.41, 5.74) is 3.09. The van der Waals surface area contributed by atoms with Gasteiger partial charge in [-0.25, -0.2) is 8.78 Å². The van der Waals surface area contributed by atoms with Gasteiger partial charge < -0.3 is 15.1 Å². The number of nitrogens with one attached hydrogen (secondary N) is 2. The van der Waals surface area contributed by atoms with Crippen molar-refractivity contribution in [3.05, 3.63) is 54.4 Å². The lowest BCUT2D eigenvalue weighted by Gasteiger charge is -2.31. The van der Waals surface area contributed by atoms with E-state index in [0.29, 0.717) is 5.56 Å². The van der Waals surface area contributed by atoms with E-state index in [2.05, 4.69) is 15.6 Å². The summed E-state index contributed by atoms with van der Waals surface area (Å²) < 4.78 is 30.8. The van der Waals surface area contributed by atoms with E-state index in [1.54, 1.807) is 24.6 Å². The zero-order valence-electron chi connectivity index (χ0n) is 16.8. The summed E-state index contributed by atoms with van der Waals surface area (Å²) in [6.45, 7) is 1.50. The number of pyridine rings is 1. The van der Waals surface area contributed by atoms with Gasteiger partial charge in [-0.2, -0.15) is 0 Å². The van der Waals surface area contributed by atoms with Crippen molar-refractivity contribution < 1.29 is 18.0 Å². The Bertz CT molecular complexity index is 995. The number of rotatable bonds is 6. The first kappa shape index (κ1) is 20.5. The molecule has 30 heavy (non-hydrogen) atoms. The highest BCUT2D eigenvalue weighted by atomic mass is 19.3. The van der Waals surface area contributed by atoms with Crippen LogP contribution in [-0.4, -0.2) is 35.4 Å². The van der Waals surface area contributed by atoms with E-state index in [-0.39, 0.29) is 18.0 Å². The van der Waals surface area contributed by atoms with Crippen molar-refractivity contribution in [3.8, 4) is 11.3 Å². The molecule has 1 unspecified atom stereocenters. The predicted octanol–water partition coefficient (Wildman–Crippen LogP) is 4.78. The minimum absolute atomic E-state index is 0.0680. The molecule has 7 heteroatoms. The maximum atomic E-state index is 12.7. The molecule has 1 amide bonds. The van der Waals surface area contributed by atoms with Crippen LogP contribution < -0.4 is 10.6 Å². The maximum absolute atomic E-state index is 12.7. The molecule has 2 heterocycles. The summed E-state index contributed by atoms with van der Waals surface area (Å²) in [5, 5.41) is 6.98. The molecule has 0 saturated heterocycles. The summed E-state index contributed by atoms with van der Waals surface area (Å²) in [4.78, 5) is 17.1. The second-order valence-electron chi connectivity index (χ2n) is 7.88. The van der Waals surface area contributed by atoms with Crippen LogP contribution in [0.1, 0.15) is 43.0 Å². The first-order chi connectivity index (χ1) is 14.5. The number of amides is 1. The predicted molar refractivity (Wildman–Crippen MR) is 112 cm³/mol. The normalized spacial score (nSPS) is 20.4. The Labute approximate surface area is 173 Å². The largest absolute Gasteiger partial charge is 0.464 e. The van der Waals surface area contributed by atoms with E-state index in [4.69, 9.17) is 4.42 Å². The smallest absolute Gasteiger partial charge is 0.253 e. The number of hydrogen-bond donors (Lipinski definition) is 2. The van der Waals surface area contributed by atoms with Crippen molar-refractivity contribution in [1.29, 1.82) is 0 Å². The lowest BCUT2D eigenvalue weighted by molar-refractivity contribution is 0.0894. The molecule has 0 spiro atoms. The molecule has 158 valence electrons. The van der Waals surface area contributed by atoms with Gasteiger partial charge in [0.15, 0.2) is 0 Å². The molecule has 1 saturated carbocycles. The van der Waals surface area contributed by atoms with Crippen LogP contribution >= 0.6 is 0 Å². The topological polar surface area (TPSA) is 67.2 Å². The third-order valence-corrected chi connectivity index (χ3v) is 5.74. The number of hydrogen-bond acceptors (Lipinski definition) is 4. The molecule has 0 radical (unpaired) electrons. The SMILES string of the molecule is CC(NC1CCC(NC(=O)c2ccc(-c3nccc4occc34)cc2)CC1)C(F)F. The van der Waals surface area contributed by atoms with E-state index in [1.165, 1.54) is 6.92 Å². The van der Waals surface area contributed by atoms with E-state index in [1.807, 2.05) is 24.3 Å². The summed E-state index contributed by atoms with van der Waals surface area (Å²) in [7, 11) is 0. The van der Waals surface area contributed by atoms with Gasteiger partial charge >= 0.3 is 0 Å². The number of aromatic nitrogens is 1. The van der Waals surface area contributed by atoms with Crippen molar-refractivity contribution in [1.82, 2.24) is 15.6 Å². The number of nitrogens with zero attached hydrogens (tertiary/aromatic N) is 1. The molecule has 1 aliphatic carbocycles.